The fourth-order valence-corrected chi connectivity index (χ4v) is 5.67. The number of aromatic nitrogens is 4. The molecule has 3 aliphatic rings. The number of likely N-dealkylation sites (tertiary alicyclic amines) is 1. The van der Waals surface area contributed by atoms with Crippen LogP contribution in [0.3, 0.4) is 0 Å². The Morgan fingerprint density at radius 3 is 2.74 bits per heavy atom. The number of likely N-dealkylation sites (N-methyl/N-ethyl adjacent to an activating group) is 1. The fraction of sp³-hybridized carbons (Fsp3) is 0.500. The molecule has 0 saturated carbocycles. The Balaban J connectivity index is 1.34. The highest BCUT2D eigenvalue weighted by atomic mass is 19.4. The van der Waals surface area contributed by atoms with Gasteiger partial charge >= 0.3 is 12.2 Å². The van der Waals surface area contributed by atoms with Crippen LogP contribution in [0.15, 0.2) is 30.7 Å². The number of hydrogen-bond donors (Lipinski definition) is 1. The molecule has 202 valence electrons. The highest BCUT2D eigenvalue weighted by Crippen LogP contribution is 2.41. The number of hydrogen-bond acceptors (Lipinski definition) is 8. The lowest BCUT2D eigenvalue weighted by molar-refractivity contribution is -0.137. The minimum absolute atomic E-state index is 0.0553. The summed E-state index contributed by atoms with van der Waals surface area (Å²) in [6.45, 7) is 4.09. The quantitative estimate of drug-likeness (QED) is 0.538. The molecule has 5 heterocycles. The van der Waals surface area contributed by atoms with Crippen molar-refractivity contribution in [3.63, 3.8) is 0 Å². The molecule has 6 rings (SSSR count). The molecular weight excluding hydrogens is 499 g/mol. The minimum Gasteiger partial charge on any atom is -0.508 e. The van der Waals surface area contributed by atoms with Gasteiger partial charge in [0.2, 0.25) is 0 Å². The van der Waals surface area contributed by atoms with Gasteiger partial charge in [0.05, 0.1) is 42.1 Å². The van der Waals surface area contributed by atoms with Gasteiger partial charge < -0.3 is 29.1 Å². The van der Waals surface area contributed by atoms with E-state index < -0.39 is 11.7 Å². The second-order valence-electron chi connectivity index (χ2n) is 10.2. The number of nitrogens with zero attached hydrogens (tertiary/aromatic N) is 7. The van der Waals surface area contributed by atoms with Crippen LogP contribution in [0.2, 0.25) is 0 Å². The van der Waals surface area contributed by atoms with Gasteiger partial charge in [0, 0.05) is 43.5 Å². The molecule has 1 N–H and O–H groups in total. The van der Waals surface area contributed by atoms with Gasteiger partial charge in [0.15, 0.2) is 0 Å². The molecule has 1 atom stereocenters. The average molecular weight is 530 g/mol. The van der Waals surface area contributed by atoms with E-state index in [4.69, 9.17) is 14.7 Å². The lowest BCUT2D eigenvalue weighted by Gasteiger charge is -2.36. The van der Waals surface area contributed by atoms with E-state index >= 15 is 0 Å². The van der Waals surface area contributed by atoms with Crippen LogP contribution in [0, 0.1) is 0 Å². The van der Waals surface area contributed by atoms with Gasteiger partial charge in [-0.05, 0) is 45.0 Å². The summed E-state index contributed by atoms with van der Waals surface area (Å²) in [5.41, 5.74) is 1.81. The Morgan fingerprint density at radius 1 is 1.08 bits per heavy atom. The summed E-state index contributed by atoms with van der Waals surface area (Å²) >= 11 is 0. The molecular formula is C26H30F3N7O2. The summed E-state index contributed by atoms with van der Waals surface area (Å²) in [4.78, 5) is 19.8. The SMILES string of the molecule is CN1CCC[C@H]1COc1nc2c(c(N3CCn4cncc4C3)n1)CCN(c1cc(O)ccc1C(F)(F)F)C2. The molecule has 0 amide bonds. The molecule has 0 bridgehead atoms. The zero-order valence-corrected chi connectivity index (χ0v) is 21.2. The highest BCUT2D eigenvalue weighted by molar-refractivity contribution is 5.61. The average Bonchev–Trinajstić information content (AvgIpc) is 3.53. The van der Waals surface area contributed by atoms with Gasteiger partial charge in [-0.25, -0.2) is 4.98 Å². The molecule has 3 aliphatic heterocycles. The number of imidazole rings is 1. The number of alkyl halides is 3. The highest BCUT2D eigenvalue weighted by Gasteiger charge is 2.37. The number of phenolic OH excluding ortho intramolecular Hbond substituents is 1. The molecule has 38 heavy (non-hydrogen) atoms. The van der Waals surface area contributed by atoms with E-state index in [1.807, 2.05) is 12.5 Å². The second-order valence-corrected chi connectivity index (χ2v) is 10.2. The number of anilines is 2. The van der Waals surface area contributed by atoms with Crippen LogP contribution in [0.5, 0.6) is 11.8 Å². The number of aromatic hydroxyl groups is 1. The van der Waals surface area contributed by atoms with Crippen molar-refractivity contribution >= 4 is 11.5 Å². The first-order valence-electron chi connectivity index (χ1n) is 12.9. The predicted molar refractivity (Wildman–Crippen MR) is 134 cm³/mol. The minimum atomic E-state index is -4.54. The number of halogens is 3. The van der Waals surface area contributed by atoms with Gasteiger partial charge in [-0.1, -0.05) is 0 Å². The maximum absolute atomic E-state index is 13.8. The van der Waals surface area contributed by atoms with Crippen LogP contribution >= 0.6 is 0 Å². The van der Waals surface area contributed by atoms with Crippen molar-refractivity contribution in [3.8, 4) is 11.8 Å². The summed E-state index contributed by atoms with van der Waals surface area (Å²) in [6.07, 6.45) is 1.74. The van der Waals surface area contributed by atoms with Crippen LogP contribution < -0.4 is 14.5 Å². The van der Waals surface area contributed by atoms with Crippen molar-refractivity contribution in [2.75, 3.05) is 43.1 Å². The molecule has 0 aliphatic carbocycles. The van der Waals surface area contributed by atoms with Crippen molar-refractivity contribution < 1.29 is 23.0 Å². The molecule has 0 radical (unpaired) electrons. The number of fused-ring (bicyclic) bond motifs is 2. The molecule has 0 unspecified atom stereocenters. The molecule has 9 nitrogen and oxygen atoms in total. The smallest absolute Gasteiger partial charge is 0.418 e. The maximum atomic E-state index is 13.8. The number of phenols is 1. The van der Waals surface area contributed by atoms with Gasteiger partial charge in [0.1, 0.15) is 18.2 Å². The third-order valence-corrected chi connectivity index (χ3v) is 7.79. The normalized spacial score (nSPS) is 19.9. The van der Waals surface area contributed by atoms with Gasteiger partial charge in [-0.2, -0.15) is 23.1 Å². The molecule has 0 spiro atoms. The van der Waals surface area contributed by atoms with E-state index in [0.717, 1.165) is 61.7 Å². The van der Waals surface area contributed by atoms with E-state index in [1.165, 1.54) is 6.07 Å². The summed E-state index contributed by atoms with van der Waals surface area (Å²) in [7, 11) is 2.07. The Morgan fingerprint density at radius 2 is 1.95 bits per heavy atom. The largest absolute Gasteiger partial charge is 0.508 e. The van der Waals surface area contributed by atoms with Crippen molar-refractivity contribution in [1.82, 2.24) is 24.4 Å². The number of ether oxygens (including phenoxy) is 1. The standard InChI is InChI=1S/C26H30F3N7O2/c1-33-7-2-3-17(33)15-38-25-31-22-14-34(23-11-19(37)4-5-21(23)26(27,28)29)8-6-20(22)24(32-25)35-9-10-36-16-30-12-18(36)13-35/h4-5,11-12,16-17,37H,2-3,6-10,13-15H2,1H3/t17-/m0/s1. The lowest BCUT2D eigenvalue weighted by atomic mass is 10.0. The number of benzene rings is 1. The van der Waals surface area contributed by atoms with Crippen molar-refractivity contribution in [1.29, 1.82) is 0 Å². The van der Waals surface area contributed by atoms with Crippen LogP contribution in [0.25, 0.3) is 0 Å². The Kier molecular flexibility index (Phi) is 6.29. The molecule has 12 heteroatoms. The third-order valence-electron chi connectivity index (χ3n) is 7.79. The van der Waals surface area contributed by atoms with Crippen molar-refractivity contribution in [2.45, 2.75) is 51.1 Å². The Bertz CT molecular complexity index is 1330. The maximum Gasteiger partial charge on any atom is 0.418 e. The molecule has 1 saturated heterocycles. The van der Waals surface area contributed by atoms with Crippen LogP contribution in [-0.4, -0.2) is 68.9 Å². The Labute approximate surface area is 218 Å². The first-order chi connectivity index (χ1) is 18.3. The predicted octanol–water partition coefficient (Wildman–Crippen LogP) is 3.45. The second kappa shape index (κ2) is 9.64. The van der Waals surface area contributed by atoms with E-state index in [1.54, 1.807) is 4.90 Å². The number of rotatable bonds is 5. The molecule has 1 aromatic carbocycles. The van der Waals surface area contributed by atoms with Crippen molar-refractivity contribution in [2.24, 2.45) is 0 Å². The molecule has 1 fully saturated rings. The summed E-state index contributed by atoms with van der Waals surface area (Å²) in [6, 6.07) is 3.69. The first kappa shape index (κ1) is 24.8. The van der Waals surface area contributed by atoms with Gasteiger partial charge in [0.25, 0.3) is 0 Å². The Hall–Kier alpha value is -3.54. The first-order valence-corrected chi connectivity index (χ1v) is 12.9. The monoisotopic (exact) mass is 529 g/mol. The summed E-state index contributed by atoms with van der Waals surface area (Å²) < 4.78 is 49.6. The van der Waals surface area contributed by atoms with E-state index in [2.05, 4.69) is 26.4 Å². The molecule has 3 aromatic rings. The van der Waals surface area contributed by atoms with E-state index in [9.17, 15) is 18.3 Å². The third kappa shape index (κ3) is 4.72. The summed E-state index contributed by atoms with van der Waals surface area (Å²) in [5, 5.41) is 9.99. The topological polar surface area (TPSA) is 82.8 Å². The zero-order chi connectivity index (χ0) is 26.4. The molecule has 2 aromatic heterocycles. The van der Waals surface area contributed by atoms with E-state index in [-0.39, 0.29) is 30.0 Å². The lowest BCUT2D eigenvalue weighted by Crippen LogP contribution is -2.38. The van der Waals surface area contributed by atoms with Crippen molar-refractivity contribution in [3.05, 3.63) is 53.2 Å². The van der Waals surface area contributed by atoms with Crippen LogP contribution in [0.1, 0.15) is 35.4 Å². The van der Waals surface area contributed by atoms with Crippen LogP contribution in [0.4, 0.5) is 24.7 Å². The van der Waals surface area contributed by atoms with Gasteiger partial charge in [-0.3, -0.25) is 0 Å². The zero-order valence-electron chi connectivity index (χ0n) is 21.2. The van der Waals surface area contributed by atoms with Gasteiger partial charge in [-0.15, -0.1) is 0 Å². The summed E-state index contributed by atoms with van der Waals surface area (Å²) in [5.74, 6) is 0.556. The fourth-order valence-electron chi connectivity index (χ4n) is 5.67. The van der Waals surface area contributed by atoms with Crippen LogP contribution in [-0.2, 0) is 32.2 Å². The van der Waals surface area contributed by atoms with E-state index in [0.29, 0.717) is 31.8 Å².